The fourth-order valence-corrected chi connectivity index (χ4v) is 2.74. The van der Waals surface area contributed by atoms with Gasteiger partial charge >= 0.3 is 0 Å². The standard InChI is InChI=1S/C19H22N4O2/c1-3-7-20-19(25)15-10-21-18-17(15)23-16(11-22-18)14-6-4-5-13(9-14)8-12(2)24/h4-6,9-12,24H,3,7-8H2,1-2H3,(H,20,25)(H,21,22). The monoisotopic (exact) mass is 338 g/mol. The van der Waals surface area contributed by atoms with Crippen molar-refractivity contribution in [2.24, 2.45) is 0 Å². The smallest absolute Gasteiger partial charge is 0.255 e. The van der Waals surface area contributed by atoms with Crippen LogP contribution in [0.4, 0.5) is 0 Å². The number of benzene rings is 1. The Morgan fingerprint density at radius 2 is 2.24 bits per heavy atom. The summed E-state index contributed by atoms with van der Waals surface area (Å²) in [5.74, 6) is -0.151. The van der Waals surface area contributed by atoms with E-state index in [0.29, 0.717) is 35.4 Å². The number of aromatic nitrogens is 3. The van der Waals surface area contributed by atoms with Crippen molar-refractivity contribution < 1.29 is 9.90 Å². The summed E-state index contributed by atoms with van der Waals surface area (Å²) in [6.45, 7) is 4.40. The molecule has 0 aliphatic rings. The molecule has 0 fully saturated rings. The van der Waals surface area contributed by atoms with Gasteiger partial charge in [-0.05, 0) is 31.4 Å². The third-order valence-corrected chi connectivity index (χ3v) is 3.91. The van der Waals surface area contributed by atoms with E-state index in [1.165, 1.54) is 0 Å². The topological polar surface area (TPSA) is 90.9 Å². The number of fused-ring (bicyclic) bond motifs is 1. The van der Waals surface area contributed by atoms with Crippen LogP contribution in [0, 0.1) is 0 Å². The second-order valence-electron chi connectivity index (χ2n) is 6.16. The summed E-state index contributed by atoms with van der Waals surface area (Å²) in [7, 11) is 0. The first-order valence-corrected chi connectivity index (χ1v) is 8.48. The van der Waals surface area contributed by atoms with Crippen molar-refractivity contribution in [1.82, 2.24) is 20.3 Å². The Kier molecular flexibility index (Phi) is 5.09. The molecule has 1 unspecified atom stereocenters. The molecule has 0 aliphatic heterocycles. The van der Waals surface area contributed by atoms with Gasteiger partial charge in [0.2, 0.25) is 0 Å². The quantitative estimate of drug-likeness (QED) is 0.644. The number of nitrogens with zero attached hydrogens (tertiary/aromatic N) is 2. The van der Waals surface area contributed by atoms with Crippen molar-refractivity contribution in [3.63, 3.8) is 0 Å². The maximum atomic E-state index is 12.3. The maximum Gasteiger partial charge on any atom is 0.255 e. The van der Waals surface area contributed by atoms with Gasteiger partial charge in [0.25, 0.3) is 5.91 Å². The van der Waals surface area contributed by atoms with E-state index in [-0.39, 0.29) is 5.91 Å². The van der Waals surface area contributed by atoms with Gasteiger partial charge in [0.15, 0.2) is 5.65 Å². The molecule has 25 heavy (non-hydrogen) atoms. The molecule has 3 aromatic rings. The number of H-pyrrole nitrogens is 1. The van der Waals surface area contributed by atoms with Crippen molar-refractivity contribution in [3.05, 3.63) is 47.8 Å². The molecule has 6 heteroatoms. The SMILES string of the molecule is CCCNC(=O)c1c[nH]c2ncc(-c3cccc(CC(C)O)c3)nc12. The lowest BCUT2D eigenvalue weighted by atomic mass is 10.0. The third-order valence-electron chi connectivity index (χ3n) is 3.91. The van der Waals surface area contributed by atoms with Gasteiger partial charge < -0.3 is 15.4 Å². The van der Waals surface area contributed by atoms with E-state index >= 15 is 0 Å². The number of hydrogen-bond acceptors (Lipinski definition) is 4. The lowest BCUT2D eigenvalue weighted by Gasteiger charge is -2.07. The van der Waals surface area contributed by atoms with Gasteiger partial charge in [-0.15, -0.1) is 0 Å². The van der Waals surface area contributed by atoms with Crippen LogP contribution in [0.2, 0.25) is 0 Å². The summed E-state index contributed by atoms with van der Waals surface area (Å²) in [5.41, 5.74) is 4.29. The van der Waals surface area contributed by atoms with Gasteiger partial charge in [0.05, 0.1) is 23.6 Å². The first-order chi connectivity index (χ1) is 12.1. The highest BCUT2D eigenvalue weighted by atomic mass is 16.3. The van der Waals surface area contributed by atoms with Crippen LogP contribution in [-0.4, -0.2) is 38.6 Å². The van der Waals surface area contributed by atoms with Gasteiger partial charge in [-0.3, -0.25) is 4.79 Å². The largest absolute Gasteiger partial charge is 0.393 e. The molecular formula is C19H22N4O2. The molecule has 6 nitrogen and oxygen atoms in total. The summed E-state index contributed by atoms with van der Waals surface area (Å²) in [6, 6.07) is 7.85. The molecule has 0 spiro atoms. The minimum Gasteiger partial charge on any atom is -0.393 e. The molecule has 0 saturated carbocycles. The number of amides is 1. The van der Waals surface area contributed by atoms with Crippen molar-refractivity contribution in [1.29, 1.82) is 0 Å². The summed E-state index contributed by atoms with van der Waals surface area (Å²) < 4.78 is 0. The third kappa shape index (κ3) is 3.85. The Morgan fingerprint density at radius 3 is 3.00 bits per heavy atom. The molecule has 0 radical (unpaired) electrons. The van der Waals surface area contributed by atoms with Crippen LogP contribution in [0.3, 0.4) is 0 Å². The second kappa shape index (κ2) is 7.44. The summed E-state index contributed by atoms with van der Waals surface area (Å²) in [5, 5.41) is 12.4. The lowest BCUT2D eigenvalue weighted by molar-refractivity contribution is 0.0955. The number of aromatic amines is 1. The second-order valence-corrected chi connectivity index (χ2v) is 6.16. The highest BCUT2D eigenvalue weighted by molar-refractivity contribution is 6.04. The number of carbonyl (C=O) groups is 1. The van der Waals surface area contributed by atoms with Gasteiger partial charge in [-0.25, -0.2) is 9.97 Å². The lowest BCUT2D eigenvalue weighted by Crippen LogP contribution is -2.23. The minimum atomic E-state index is -0.401. The van der Waals surface area contributed by atoms with Crippen molar-refractivity contribution in [2.75, 3.05) is 6.54 Å². The zero-order valence-electron chi connectivity index (χ0n) is 14.4. The van der Waals surface area contributed by atoms with Gasteiger partial charge in [0.1, 0.15) is 5.52 Å². The van der Waals surface area contributed by atoms with Crippen molar-refractivity contribution >= 4 is 17.1 Å². The van der Waals surface area contributed by atoms with Gasteiger partial charge in [-0.2, -0.15) is 0 Å². The zero-order valence-corrected chi connectivity index (χ0v) is 14.4. The highest BCUT2D eigenvalue weighted by Gasteiger charge is 2.15. The first-order valence-electron chi connectivity index (χ1n) is 8.48. The number of aliphatic hydroxyl groups excluding tert-OH is 1. The normalized spacial score (nSPS) is 12.3. The number of aliphatic hydroxyl groups is 1. The van der Waals surface area contributed by atoms with E-state index in [1.807, 2.05) is 31.2 Å². The van der Waals surface area contributed by atoms with Crippen molar-refractivity contribution in [3.8, 4) is 11.3 Å². The van der Waals surface area contributed by atoms with Gasteiger partial charge in [-0.1, -0.05) is 25.1 Å². The molecule has 2 aromatic heterocycles. The van der Waals surface area contributed by atoms with Crippen LogP contribution in [0.15, 0.2) is 36.7 Å². The van der Waals surface area contributed by atoms with E-state index in [0.717, 1.165) is 17.5 Å². The Bertz CT molecular complexity index is 886. The average Bonchev–Trinajstić information content (AvgIpc) is 3.02. The predicted octanol–water partition coefficient (Wildman–Crippen LogP) is 2.69. The van der Waals surface area contributed by atoms with Crippen LogP contribution in [0.1, 0.15) is 36.2 Å². The molecule has 0 saturated heterocycles. The predicted molar refractivity (Wildman–Crippen MR) is 97.3 cm³/mol. The fourth-order valence-electron chi connectivity index (χ4n) is 2.74. The average molecular weight is 338 g/mol. The van der Waals surface area contributed by atoms with E-state index in [1.54, 1.807) is 19.3 Å². The molecule has 130 valence electrons. The molecule has 0 bridgehead atoms. The number of carbonyl (C=O) groups excluding carboxylic acids is 1. The molecule has 1 aromatic carbocycles. The maximum absolute atomic E-state index is 12.3. The molecule has 0 aliphatic carbocycles. The Hall–Kier alpha value is -2.73. The Labute approximate surface area is 146 Å². The zero-order chi connectivity index (χ0) is 17.8. The molecule has 2 heterocycles. The van der Waals surface area contributed by atoms with Crippen LogP contribution in [-0.2, 0) is 6.42 Å². The van der Waals surface area contributed by atoms with E-state index < -0.39 is 6.10 Å². The minimum absolute atomic E-state index is 0.151. The van der Waals surface area contributed by atoms with E-state index in [4.69, 9.17) is 0 Å². The number of hydrogen-bond donors (Lipinski definition) is 3. The molecular weight excluding hydrogens is 316 g/mol. The van der Waals surface area contributed by atoms with Crippen molar-refractivity contribution in [2.45, 2.75) is 32.8 Å². The first kappa shape index (κ1) is 17.1. The molecule has 1 atom stereocenters. The van der Waals surface area contributed by atoms with E-state index in [2.05, 4.69) is 20.3 Å². The molecule has 1 amide bonds. The van der Waals surface area contributed by atoms with Crippen LogP contribution in [0.5, 0.6) is 0 Å². The van der Waals surface area contributed by atoms with E-state index in [9.17, 15) is 9.90 Å². The number of nitrogens with one attached hydrogen (secondary N) is 2. The highest BCUT2D eigenvalue weighted by Crippen LogP contribution is 2.22. The summed E-state index contributed by atoms with van der Waals surface area (Å²) in [4.78, 5) is 24.3. The Morgan fingerprint density at radius 1 is 1.40 bits per heavy atom. The summed E-state index contributed by atoms with van der Waals surface area (Å²) in [6.07, 6.45) is 4.39. The van der Waals surface area contributed by atoms with Crippen LogP contribution < -0.4 is 5.32 Å². The number of rotatable bonds is 6. The van der Waals surface area contributed by atoms with Gasteiger partial charge in [0, 0.05) is 18.3 Å². The fraction of sp³-hybridized carbons (Fsp3) is 0.316. The van der Waals surface area contributed by atoms with Crippen LogP contribution in [0.25, 0.3) is 22.4 Å². The molecule has 3 N–H and O–H groups in total. The summed E-state index contributed by atoms with van der Waals surface area (Å²) >= 11 is 0. The molecule has 3 rings (SSSR count). The van der Waals surface area contributed by atoms with Crippen LogP contribution >= 0.6 is 0 Å². The Balaban J connectivity index is 1.96.